The summed E-state index contributed by atoms with van der Waals surface area (Å²) in [6.07, 6.45) is -2.53. The molecule has 1 heterocycles. The van der Waals surface area contributed by atoms with Gasteiger partial charge in [-0.2, -0.15) is 0 Å². The number of ether oxygens (including phenoxy) is 2. The quantitative estimate of drug-likeness (QED) is 0.714. The van der Waals surface area contributed by atoms with Crippen LogP contribution < -0.4 is 10.1 Å². The first-order valence-electron chi connectivity index (χ1n) is 8.72. The lowest BCUT2D eigenvalue weighted by Crippen LogP contribution is -2.33. The number of carbonyl (C=O) groups excluding carboxylic acids is 1. The van der Waals surface area contributed by atoms with E-state index in [2.05, 4.69) is 5.32 Å². The molecule has 144 valence electrons. The standard InChI is InChI=1S/C20H22FNO5/c1-12(23)22-8-7-13-5-6-16(27-20-19(25)18(24)11-26-20)10-17(13)14-3-2-4-15(21)9-14/h2-6,9-10,18-20,24-25H,7-8,11H2,1H3,(H,22,23). The Labute approximate surface area is 156 Å². The zero-order chi connectivity index (χ0) is 19.4. The third-order valence-corrected chi connectivity index (χ3v) is 4.34. The van der Waals surface area contributed by atoms with E-state index >= 15 is 0 Å². The third-order valence-electron chi connectivity index (χ3n) is 4.34. The lowest BCUT2D eigenvalue weighted by atomic mass is 9.97. The van der Waals surface area contributed by atoms with Gasteiger partial charge < -0.3 is 25.0 Å². The Morgan fingerprint density at radius 1 is 1.30 bits per heavy atom. The number of halogens is 1. The van der Waals surface area contributed by atoms with Crippen molar-refractivity contribution in [1.29, 1.82) is 0 Å². The predicted molar refractivity (Wildman–Crippen MR) is 96.6 cm³/mol. The molecule has 0 spiro atoms. The SMILES string of the molecule is CC(=O)NCCc1ccc(OC2OCC(O)C2O)cc1-c1cccc(F)c1. The van der Waals surface area contributed by atoms with Gasteiger partial charge in [0.25, 0.3) is 0 Å². The van der Waals surface area contributed by atoms with Crippen LogP contribution >= 0.6 is 0 Å². The second kappa shape index (κ2) is 8.47. The molecule has 0 aromatic heterocycles. The van der Waals surface area contributed by atoms with Crippen LogP contribution in [0.1, 0.15) is 12.5 Å². The molecule has 2 aromatic rings. The summed E-state index contributed by atoms with van der Waals surface area (Å²) < 4.78 is 24.6. The van der Waals surface area contributed by atoms with Crippen molar-refractivity contribution in [3.63, 3.8) is 0 Å². The molecule has 3 rings (SSSR count). The number of rotatable bonds is 6. The number of aliphatic hydroxyl groups is 2. The number of carbonyl (C=O) groups is 1. The summed E-state index contributed by atoms with van der Waals surface area (Å²) in [4.78, 5) is 11.1. The summed E-state index contributed by atoms with van der Waals surface area (Å²) in [5, 5.41) is 22.2. The Kier molecular flexibility index (Phi) is 6.05. The average molecular weight is 375 g/mol. The molecule has 27 heavy (non-hydrogen) atoms. The number of benzene rings is 2. The van der Waals surface area contributed by atoms with E-state index in [4.69, 9.17) is 9.47 Å². The third kappa shape index (κ3) is 4.82. The van der Waals surface area contributed by atoms with Gasteiger partial charge in [0.2, 0.25) is 12.2 Å². The first kappa shape index (κ1) is 19.3. The number of amides is 1. The molecule has 0 radical (unpaired) electrons. The molecule has 0 aliphatic carbocycles. The van der Waals surface area contributed by atoms with Crippen LogP contribution in [0.5, 0.6) is 5.75 Å². The van der Waals surface area contributed by atoms with Crippen molar-refractivity contribution in [2.75, 3.05) is 13.2 Å². The van der Waals surface area contributed by atoms with Gasteiger partial charge in [-0.15, -0.1) is 0 Å². The number of hydrogen-bond acceptors (Lipinski definition) is 5. The molecule has 1 fully saturated rings. The molecule has 1 aliphatic heterocycles. The second-order valence-corrected chi connectivity index (χ2v) is 6.44. The highest BCUT2D eigenvalue weighted by atomic mass is 19.1. The van der Waals surface area contributed by atoms with Crippen molar-refractivity contribution in [1.82, 2.24) is 5.32 Å². The molecule has 1 amide bonds. The summed E-state index contributed by atoms with van der Waals surface area (Å²) >= 11 is 0. The minimum Gasteiger partial charge on any atom is -0.462 e. The predicted octanol–water partition coefficient (Wildman–Crippen LogP) is 1.63. The zero-order valence-electron chi connectivity index (χ0n) is 14.9. The van der Waals surface area contributed by atoms with Gasteiger partial charge in [0.1, 0.15) is 23.8 Å². The molecule has 3 atom stereocenters. The van der Waals surface area contributed by atoms with E-state index in [9.17, 15) is 19.4 Å². The Bertz CT molecular complexity index is 813. The molecule has 0 saturated carbocycles. The monoisotopic (exact) mass is 375 g/mol. The van der Waals surface area contributed by atoms with Gasteiger partial charge in [0, 0.05) is 13.5 Å². The van der Waals surface area contributed by atoms with Crippen molar-refractivity contribution < 1.29 is 28.9 Å². The number of aliphatic hydroxyl groups excluding tert-OH is 2. The molecule has 1 aliphatic rings. The zero-order valence-corrected chi connectivity index (χ0v) is 14.9. The Morgan fingerprint density at radius 2 is 2.11 bits per heavy atom. The Morgan fingerprint density at radius 3 is 2.78 bits per heavy atom. The average Bonchev–Trinajstić information content (AvgIpc) is 2.94. The maximum Gasteiger partial charge on any atom is 0.228 e. The molecular formula is C20H22FNO5. The van der Waals surface area contributed by atoms with Crippen molar-refractivity contribution in [2.24, 2.45) is 0 Å². The van der Waals surface area contributed by atoms with E-state index in [-0.39, 0.29) is 18.3 Å². The highest BCUT2D eigenvalue weighted by molar-refractivity contribution is 5.73. The van der Waals surface area contributed by atoms with Gasteiger partial charge in [-0.05, 0) is 47.4 Å². The first-order chi connectivity index (χ1) is 12.9. The van der Waals surface area contributed by atoms with Gasteiger partial charge in [0.15, 0.2) is 0 Å². The van der Waals surface area contributed by atoms with E-state index in [1.807, 2.05) is 6.07 Å². The van der Waals surface area contributed by atoms with Crippen LogP contribution in [-0.4, -0.2) is 47.8 Å². The molecular weight excluding hydrogens is 353 g/mol. The second-order valence-electron chi connectivity index (χ2n) is 6.44. The fourth-order valence-electron chi connectivity index (χ4n) is 2.95. The van der Waals surface area contributed by atoms with Crippen molar-refractivity contribution >= 4 is 5.91 Å². The molecule has 3 unspecified atom stereocenters. The summed E-state index contributed by atoms with van der Waals surface area (Å²) in [7, 11) is 0. The molecule has 2 aromatic carbocycles. The van der Waals surface area contributed by atoms with Gasteiger partial charge in [-0.3, -0.25) is 4.79 Å². The summed E-state index contributed by atoms with van der Waals surface area (Å²) in [6.45, 7) is 1.90. The highest BCUT2D eigenvalue weighted by Crippen LogP contribution is 2.30. The minimum absolute atomic E-state index is 0.00259. The molecule has 7 heteroatoms. The highest BCUT2D eigenvalue weighted by Gasteiger charge is 2.36. The smallest absolute Gasteiger partial charge is 0.228 e. The van der Waals surface area contributed by atoms with Gasteiger partial charge in [0.05, 0.1) is 6.61 Å². The minimum atomic E-state index is -1.14. The number of nitrogens with one attached hydrogen (secondary N) is 1. The largest absolute Gasteiger partial charge is 0.462 e. The van der Waals surface area contributed by atoms with E-state index in [0.29, 0.717) is 24.3 Å². The van der Waals surface area contributed by atoms with E-state index in [0.717, 1.165) is 11.1 Å². The van der Waals surface area contributed by atoms with Crippen LogP contribution in [-0.2, 0) is 16.0 Å². The maximum atomic E-state index is 13.7. The van der Waals surface area contributed by atoms with Crippen LogP contribution in [0.25, 0.3) is 11.1 Å². The maximum absolute atomic E-state index is 13.7. The lowest BCUT2D eigenvalue weighted by molar-refractivity contribution is -0.118. The van der Waals surface area contributed by atoms with Crippen molar-refractivity contribution in [3.8, 4) is 16.9 Å². The molecule has 3 N–H and O–H groups in total. The van der Waals surface area contributed by atoms with Crippen LogP contribution in [0.15, 0.2) is 42.5 Å². The normalized spacial score (nSPS) is 21.9. The van der Waals surface area contributed by atoms with Gasteiger partial charge >= 0.3 is 0 Å². The Balaban J connectivity index is 1.86. The fraction of sp³-hybridized carbons (Fsp3) is 0.350. The first-order valence-corrected chi connectivity index (χ1v) is 8.72. The van der Waals surface area contributed by atoms with Crippen LogP contribution in [0, 0.1) is 5.82 Å². The lowest BCUT2D eigenvalue weighted by Gasteiger charge is -2.19. The van der Waals surface area contributed by atoms with Crippen molar-refractivity contribution in [2.45, 2.75) is 31.8 Å². The van der Waals surface area contributed by atoms with Crippen molar-refractivity contribution in [3.05, 3.63) is 53.8 Å². The van der Waals surface area contributed by atoms with Gasteiger partial charge in [-0.1, -0.05) is 18.2 Å². The summed E-state index contributed by atoms with van der Waals surface area (Å²) in [5.41, 5.74) is 2.34. The van der Waals surface area contributed by atoms with Crippen LogP contribution in [0.3, 0.4) is 0 Å². The van der Waals surface area contributed by atoms with E-state index in [1.165, 1.54) is 19.1 Å². The summed E-state index contributed by atoms with van der Waals surface area (Å²) in [6, 6.07) is 11.5. The Hall–Kier alpha value is -2.48. The molecule has 1 saturated heterocycles. The van der Waals surface area contributed by atoms with E-state index in [1.54, 1.807) is 24.3 Å². The van der Waals surface area contributed by atoms with Crippen LogP contribution in [0.4, 0.5) is 4.39 Å². The topological polar surface area (TPSA) is 88.0 Å². The number of hydrogen-bond donors (Lipinski definition) is 3. The molecule has 6 nitrogen and oxygen atoms in total. The van der Waals surface area contributed by atoms with E-state index < -0.39 is 18.5 Å². The van der Waals surface area contributed by atoms with Gasteiger partial charge in [-0.25, -0.2) is 4.39 Å². The summed E-state index contributed by atoms with van der Waals surface area (Å²) in [5.74, 6) is -0.0480. The fourth-order valence-corrected chi connectivity index (χ4v) is 2.95. The van der Waals surface area contributed by atoms with Crippen LogP contribution in [0.2, 0.25) is 0 Å². The molecule has 0 bridgehead atoms.